The molecule has 1 aromatic heterocycles. The van der Waals surface area contributed by atoms with Gasteiger partial charge in [-0.2, -0.15) is 0 Å². The summed E-state index contributed by atoms with van der Waals surface area (Å²) in [6.45, 7) is 7.64. The van der Waals surface area contributed by atoms with Gasteiger partial charge in [-0.05, 0) is 56.3 Å². The summed E-state index contributed by atoms with van der Waals surface area (Å²) in [7, 11) is 0. The lowest BCUT2D eigenvalue weighted by Gasteiger charge is -2.34. The van der Waals surface area contributed by atoms with Crippen molar-refractivity contribution in [2.75, 3.05) is 11.4 Å². The first-order chi connectivity index (χ1) is 16.2. The summed E-state index contributed by atoms with van der Waals surface area (Å²) >= 11 is 1.30. The van der Waals surface area contributed by atoms with E-state index in [0.717, 1.165) is 12.0 Å². The zero-order valence-corrected chi connectivity index (χ0v) is 20.8. The van der Waals surface area contributed by atoms with Crippen LogP contribution >= 0.6 is 11.3 Å². The lowest BCUT2D eigenvalue weighted by atomic mass is 9.97. The van der Waals surface area contributed by atoms with Gasteiger partial charge >= 0.3 is 0 Å². The van der Waals surface area contributed by atoms with Crippen LogP contribution in [0, 0.1) is 6.92 Å². The zero-order valence-electron chi connectivity index (χ0n) is 20.0. The van der Waals surface area contributed by atoms with Crippen molar-refractivity contribution in [2.45, 2.75) is 45.7 Å². The predicted octanol–water partition coefficient (Wildman–Crippen LogP) is 4.87. The number of benzene rings is 2. The SMILES string of the molecule is CCC(C)(C)NC(=O)C(c1ccc(C)cc1)N(C(=O)CNC(=O)c1cccs1)c1ccccc1. The number of para-hydroxylation sites is 1. The van der Waals surface area contributed by atoms with Crippen LogP contribution in [0.1, 0.15) is 54.0 Å². The molecule has 6 nitrogen and oxygen atoms in total. The molecule has 0 aliphatic rings. The maximum absolute atomic E-state index is 13.7. The molecule has 0 radical (unpaired) electrons. The van der Waals surface area contributed by atoms with Gasteiger partial charge in [-0.1, -0.05) is 61.0 Å². The Kier molecular flexibility index (Phi) is 8.23. The number of carbonyl (C=O) groups is 3. The van der Waals surface area contributed by atoms with Gasteiger partial charge in [0, 0.05) is 11.2 Å². The molecule has 3 amide bonds. The van der Waals surface area contributed by atoms with Gasteiger partial charge in [-0.3, -0.25) is 19.3 Å². The number of anilines is 1. The molecule has 3 aromatic rings. The number of hydrogen-bond acceptors (Lipinski definition) is 4. The van der Waals surface area contributed by atoms with Crippen molar-refractivity contribution in [3.05, 3.63) is 88.1 Å². The van der Waals surface area contributed by atoms with E-state index >= 15 is 0 Å². The lowest BCUT2D eigenvalue weighted by molar-refractivity contribution is -0.127. The molecule has 1 heterocycles. The largest absolute Gasteiger partial charge is 0.349 e. The minimum absolute atomic E-state index is 0.238. The molecule has 7 heteroatoms. The van der Waals surface area contributed by atoms with Gasteiger partial charge in [-0.25, -0.2) is 0 Å². The third kappa shape index (κ3) is 6.32. The van der Waals surface area contributed by atoms with Crippen LogP contribution in [0.25, 0.3) is 0 Å². The zero-order chi connectivity index (χ0) is 24.7. The van der Waals surface area contributed by atoms with Crippen LogP contribution in [0.5, 0.6) is 0 Å². The average molecular weight is 478 g/mol. The third-order valence-corrected chi connectivity index (χ3v) is 6.56. The predicted molar refractivity (Wildman–Crippen MR) is 137 cm³/mol. The second-order valence-corrected chi connectivity index (χ2v) is 9.75. The van der Waals surface area contributed by atoms with Crippen LogP contribution in [0.15, 0.2) is 72.1 Å². The van der Waals surface area contributed by atoms with Crippen LogP contribution < -0.4 is 15.5 Å². The first-order valence-corrected chi connectivity index (χ1v) is 12.2. The van der Waals surface area contributed by atoms with Crippen molar-refractivity contribution in [1.82, 2.24) is 10.6 Å². The van der Waals surface area contributed by atoms with E-state index in [1.54, 1.807) is 29.6 Å². The molecule has 0 fully saturated rings. The van der Waals surface area contributed by atoms with Gasteiger partial charge in [0.05, 0.1) is 11.4 Å². The maximum atomic E-state index is 13.7. The fourth-order valence-corrected chi connectivity index (χ4v) is 4.06. The molecule has 2 N–H and O–H groups in total. The minimum Gasteiger partial charge on any atom is -0.349 e. The van der Waals surface area contributed by atoms with Crippen LogP contribution in [0.4, 0.5) is 5.69 Å². The van der Waals surface area contributed by atoms with Crippen molar-refractivity contribution in [3.8, 4) is 0 Å². The number of amides is 3. The van der Waals surface area contributed by atoms with E-state index in [-0.39, 0.29) is 24.3 Å². The average Bonchev–Trinajstić information content (AvgIpc) is 3.37. The topological polar surface area (TPSA) is 78.5 Å². The summed E-state index contributed by atoms with van der Waals surface area (Å²) < 4.78 is 0. The van der Waals surface area contributed by atoms with E-state index in [4.69, 9.17) is 0 Å². The molecule has 0 saturated heterocycles. The Morgan fingerprint density at radius 3 is 2.24 bits per heavy atom. The Hall–Kier alpha value is -3.45. The van der Waals surface area contributed by atoms with E-state index in [1.165, 1.54) is 16.2 Å². The van der Waals surface area contributed by atoms with Gasteiger partial charge < -0.3 is 10.6 Å². The van der Waals surface area contributed by atoms with Crippen LogP contribution in [0.3, 0.4) is 0 Å². The molecule has 1 unspecified atom stereocenters. The van der Waals surface area contributed by atoms with Crippen molar-refractivity contribution in [3.63, 3.8) is 0 Å². The highest BCUT2D eigenvalue weighted by Crippen LogP contribution is 2.29. The standard InChI is InChI=1S/C27H31N3O3S/c1-5-27(3,4)29-26(33)24(20-15-13-19(2)14-16-20)30(21-10-7-6-8-11-21)23(31)18-28-25(32)22-12-9-17-34-22/h6-17,24H,5,18H2,1-4H3,(H,28,32)(H,29,33). The molecule has 0 spiro atoms. The van der Waals surface area contributed by atoms with Gasteiger partial charge in [0.15, 0.2) is 0 Å². The number of carbonyl (C=O) groups excluding carboxylic acids is 3. The van der Waals surface area contributed by atoms with Gasteiger partial charge in [0.25, 0.3) is 5.91 Å². The highest BCUT2D eigenvalue weighted by Gasteiger charge is 2.35. The summed E-state index contributed by atoms with van der Waals surface area (Å²) in [6, 6.07) is 19.2. The van der Waals surface area contributed by atoms with E-state index < -0.39 is 11.6 Å². The number of hydrogen-bond donors (Lipinski definition) is 2. The molecule has 3 rings (SSSR count). The van der Waals surface area contributed by atoms with Crippen LogP contribution in [-0.2, 0) is 9.59 Å². The highest BCUT2D eigenvalue weighted by atomic mass is 32.1. The van der Waals surface area contributed by atoms with Gasteiger partial charge in [0.2, 0.25) is 11.8 Å². The van der Waals surface area contributed by atoms with E-state index in [0.29, 0.717) is 16.1 Å². The third-order valence-electron chi connectivity index (χ3n) is 5.69. The van der Waals surface area contributed by atoms with Crippen molar-refractivity contribution >= 4 is 34.7 Å². The molecule has 34 heavy (non-hydrogen) atoms. The summed E-state index contributed by atoms with van der Waals surface area (Å²) in [6.07, 6.45) is 0.732. The Morgan fingerprint density at radius 1 is 0.971 bits per heavy atom. The molecule has 178 valence electrons. The summed E-state index contributed by atoms with van der Waals surface area (Å²) in [5.41, 5.74) is 1.88. The van der Waals surface area contributed by atoms with E-state index in [2.05, 4.69) is 10.6 Å². The lowest BCUT2D eigenvalue weighted by Crippen LogP contribution is -2.52. The Morgan fingerprint density at radius 2 is 1.65 bits per heavy atom. The first-order valence-electron chi connectivity index (χ1n) is 11.3. The van der Waals surface area contributed by atoms with Gasteiger partial charge in [0.1, 0.15) is 6.04 Å². The van der Waals surface area contributed by atoms with E-state index in [9.17, 15) is 14.4 Å². The van der Waals surface area contributed by atoms with Crippen molar-refractivity contribution in [1.29, 1.82) is 0 Å². The minimum atomic E-state index is -0.903. The number of thiophene rings is 1. The monoisotopic (exact) mass is 477 g/mol. The number of aryl methyl sites for hydroxylation is 1. The Balaban J connectivity index is 1.99. The first kappa shape index (κ1) is 25.2. The summed E-state index contributed by atoms with van der Waals surface area (Å²) in [5.74, 6) is -0.983. The van der Waals surface area contributed by atoms with Crippen LogP contribution in [-0.4, -0.2) is 29.8 Å². The van der Waals surface area contributed by atoms with Crippen molar-refractivity contribution in [2.24, 2.45) is 0 Å². The molecule has 0 bridgehead atoms. The number of nitrogens with zero attached hydrogens (tertiary/aromatic N) is 1. The Bertz CT molecular complexity index is 1110. The maximum Gasteiger partial charge on any atom is 0.261 e. The van der Waals surface area contributed by atoms with Gasteiger partial charge in [-0.15, -0.1) is 11.3 Å². The molecule has 0 aliphatic heterocycles. The summed E-state index contributed by atoms with van der Waals surface area (Å²) in [4.78, 5) is 41.7. The normalized spacial score (nSPS) is 12.0. The molecule has 0 aliphatic carbocycles. The summed E-state index contributed by atoms with van der Waals surface area (Å²) in [5, 5.41) is 7.60. The van der Waals surface area contributed by atoms with Crippen LogP contribution in [0.2, 0.25) is 0 Å². The van der Waals surface area contributed by atoms with Crippen molar-refractivity contribution < 1.29 is 14.4 Å². The smallest absolute Gasteiger partial charge is 0.261 e. The molecule has 0 saturated carbocycles. The molecule has 2 aromatic carbocycles. The second-order valence-electron chi connectivity index (χ2n) is 8.80. The Labute approximate surface area is 205 Å². The molecule has 1 atom stereocenters. The molecular formula is C27H31N3O3S. The highest BCUT2D eigenvalue weighted by molar-refractivity contribution is 7.12. The number of rotatable bonds is 9. The second kappa shape index (κ2) is 11.1. The fraction of sp³-hybridized carbons (Fsp3) is 0.296. The number of nitrogens with one attached hydrogen (secondary N) is 2. The molecular weight excluding hydrogens is 446 g/mol. The fourth-order valence-electron chi connectivity index (χ4n) is 3.42. The van der Waals surface area contributed by atoms with E-state index in [1.807, 2.05) is 70.2 Å². The quantitative estimate of drug-likeness (QED) is 0.462.